The maximum absolute atomic E-state index is 5.81. The molecule has 25 heavy (non-hydrogen) atoms. The highest BCUT2D eigenvalue weighted by molar-refractivity contribution is 5.72. The van der Waals surface area contributed by atoms with Crippen LogP contribution in [0.4, 0.5) is 0 Å². The van der Waals surface area contributed by atoms with Gasteiger partial charge in [-0.05, 0) is 55.8 Å². The van der Waals surface area contributed by atoms with Gasteiger partial charge in [-0.15, -0.1) is 0 Å². The van der Waals surface area contributed by atoms with Crippen LogP contribution in [-0.2, 0) is 0 Å². The largest absolute Gasteiger partial charge is 0.492 e. The van der Waals surface area contributed by atoms with E-state index < -0.39 is 0 Å². The molecule has 4 rings (SSSR count). The van der Waals surface area contributed by atoms with Crippen LogP contribution in [0, 0.1) is 6.54 Å². The summed E-state index contributed by atoms with van der Waals surface area (Å²) < 4.78 is 17.0. The Morgan fingerprint density at radius 2 is 1.84 bits per heavy atom. The molecule has 0 amide bonds. The van der Waals surface area contributed by atoms with Crippen molar-refractivity contribution in [3.05, 3.63) is 55.1 Å². The van der Waals surface area contributed by atoms with Crippen LogP contribution in [0.5, 0.6) is 17.6 Å². The molecule has 0 atom stereocenters. The van der Waals surface area contributed by atoms with E-state index in [9.17, 15) is 0 Å². The van der Waals surface area contributed by atoms with Crippen molar-refractivity contribution in [2.24, 2.45) is 0 Å². The Kier molecular flexibility index (Phi) is 4.84. The van der Waals surface area contributed by atoms with Crippen molar-refractivity contribution in [2.75, 3.05) is 19.7 Å². The van der Waals surface area contributed by atoms with Gasteiger partial charge in [-0.25, -0.2) is 0 Å². The quantitative estimate of drug-likeness (QED) is 0.655. The third kappa shape index (κ3) is 4.12. The number of ether oxygens (including phenoxy) is 2. The molecule has 0 saturated carbocycles. The van der Waals surface area contributed by atoms with Gasteiger partial charge in [0.05, 0.1) is 0 Å². The molecular formula is C20H21N2O3. The van der Waals surface area contributed by atoms with Gasteiger partial charge in [-0.3, -0.25) is 4.90 Å². The van der Waals surface area contributed by atoms with E-state index in [1.54, 1.807) is 0 Å². The number of piperidine rings is 1. The number of hydrogen-bond acceptors (Lipinski definition) is 5. The maximum atomic E-state index is 5.81. The SMILES string of the molecule is [CH]1CCCCN1CCOc1ccc(Oc2nc3ccccc3o2)cc1. The normalized spacial score (nSPS) is 15.4. The molecule has 2 heterocycles. The molecule has 1 saturated heterocycles. The summed E-state index contributed by atoms with van der Waals surface area (Å²) in [6.07, 6.45) is 4.01. The molecule has 3 aromatic rings. The molecular weight excluding hydrogens is 316 g/mol. The number of hydrogen-bond donors (Lipinski definition) is 0. The molecule has 0 spiro atoms. The smallest absolute Gasteiger partial charge is 0.400 e. The zero-order valence-electron chi connectivity index (χ0n) is 14.1. The van der Waals surface area contributed by atoms with Crippen molar-refractivity contribution in [2.45, 2.75) is 19.3 Å². The zero-order chi connectivity index (χ0) is 16.9. The Balaban J connectivity index is 1.30. The summed E-state index contributed by atoms with van der Waals surface area (Å²) in [5.74, 6) is 1.50. The molecule has 1 radical (unpaired) electrons. The van der Waals surface area contributed by atoms with E-state index in [4.69, 9.17) is 13.9 Å². The fourth-order valence-electron chi connectivity index (χ4n) is 2.91. The van der Waals surface area contributed by atoms with Gasteiger partial charge in [-0.1, -0.05) is 18.6 Å². The molecule has 0 unspecified atom stereocenters. The van der Waals surface area contributed by atoms with Crippen LogP contribution in [0.25, 0.3) is 11.1 Å². The number of aromatic nitrogens is 1. The van der Waals surface area contributed by atoms with Crippen molar-refractivity contribution in [1.82, 2.24) is 9.88 Å². The average molecular weight is 337 g/mol. The second kappa shape index (κ2) is 7.57. The third-order valence-electron chi connectivity index (χ3n) is 4.24. The lowest BCUT2D eigenvalue weighted by molar-refractivity contribution is 0.216. The first-order valence-electron chi connectivity index (χ1n) is 8.70. The van der Waals surface area contributed by atoms with Crippen molar-refractivity contribution in [3.8, 4) is 17.6 Å². The third-order valence-corrected chi connectivity index (χ3v) is 4.24. The summed E-state index contributed by atoms with van der Waals surface area (Å²) in [6, 6.07) is 15.1. The second-order valence-electron chi connectivity index (χ2n) is 6.08. The number of oxazole rings is 1. The summed E-state index contributed by atoms with van der Waals surface area (Å²) >= 11 is 0. The van der Waals surface area contributed by atoms with Gasteiger partial charge in [-0.2, -0.15) is 4.98 Å². The molecule has 5 heteroatoms. The monoisotopic (exact) mass is 337 g/mol. The van der Waals surface area contributed by atoms with E-state index in [-0.39, 0.29) is 6.08 Å². The van der Waals surface area contributed by atoms with Gasteiger partial charge in [0.2, 0.25) is 0 Å². The molecule has 5 nitrogen and oxygen atoms in total. The molecule has 1 aliphatic heterocycles. The lowest BCUT2D eigenvalue weighted by atomic mass is 10.1. The Labute approximate surface area is 147 Å². The average Bonchev–Trinajstić information content (AvgIpc) is 3.06. The fourth-order valence-corrected chi connectivity index (χ4v) is 2.91. The van der Waals surface area contributed by atoms with Gasteiger partial charge < -0.3 is 13.9 Å². The fraction of sp³-hybridized carbons (Fsp3) is 0.300. The van der Waals surface area contributed by atoms with Gasteiger partial charge in [0.1, 0.15) is 23.6 Å². The zero-order valence-corrected chi connectivity index (χ0v) is 14.1. The van der Waals surface area contributed by atoms with Crippen LogP contribution < -0.4 is 9.47 Å². The first-order chi connectivity index (χ1) is 12.4. The standard InChI is InChI=1S/C20H21N2O3/c1-4-12-22(13-5-1)14-15-23-16-8-10-17(11-9-16)24-20-21-18-6-2-3-7-19(18)25-20/h2-3,6-12H,1,4-5,13-15H2. The van der Waals surface area contributed by atoms with Crippen LogP contribution in [0.15, 0.2) is 52.9 Å². The first-order valence-corrected chi connectivity index (χ1v) is 8.70. The van der Waals surface area contributed by atoms with E-state index in [2.05, 4.69) is 16.4 Å². The first kappa shape index (κ1) is 16.0. The van der Waals surface area contributed by atoms with E-state index in [0.717, 1.165) is 24.4 Å². The van der Waals surface area contributed by atoms with E-state index in [1.807, 2.05) is 48.5 Å². The Morgan fingerprint density at radius 1 is 1.00 bits per heavy atom. The summed E-state index contributed by atoms with van der Waals surface area (Å²) in [6.45, 7) is 5.04. The Morgan fingerprint density at radius 3 is 2.64 bits per heavy atom. The van der Waals surface area contributed by atoms with Gasteiger partial charge in [0, 0.05) is 13.1 Å². The predicted molar refractivity (Wildman–Crippen MR) is 95.7 cm³/mol. The molecule has 0 N–H and O–H groups in total. The second-order valence-corrected chi connectivity index (χ2v) is 6.08. The molecule has 0 aliphatic carbocycles. The molecule has 2 aromatic carbocycles. The lowest BCUT2D eigenvalue weighted by Crippen LogP contribution is -2.29. The number of para-hydroxylation sites is 2. The summed E-state index contributed by atoms with van der Waals surface area (Å²) in [5, 5.41) is 0. The van der Waals surface area contributed by atoms with Gasteiger partial charge in [0.15, 0.2) is 5.58 Å². The number of fused-ring (bicyclic) bond motifs is 1. The number of benzene rings is 2. The van der Waals surface area contributed by atoms with Crippen molar-refractivity contribution in [1.29, 1.82) is 0 Å². The van der Waals surface area contributed by atoms with Crippen molar-refractivity contribution in [3.63, 3.8) is 0 Å². The van der Waals surface area contributed by atoms with E-state index in [0.29, 0.717) is 17.9 Å². The van der Waals surface area contributed by atoms with Gasteiger partial charge in [0.25, 0.3) is 0 Å². The molecule has 1 fully saturated rings. The van der Waals surface area contributed by atoms with E-state index >= 15 is 0 Å². The van der Waals surface area contributed by atoms with Crippen molar-refractivity contribution < 1.29 is 13.9 Å². The van der Waals surface area contributed by atoms with Crippen LogP contribution in [0.1, 0.15) is 19.3 Å². The summed E-state index contributed by atoms with van der Waals surface area (Å²) in [7, 11) is 0. The summed E-state index contributed by atoms with van der Waals surface area (Å²) in [5.41, 5.74) is 1.50. The van der Waals surface area contributed by atoms with Crippen molar-refractivity contribution >= 4 is 11.1 Å². The van der Waals surface area contributed by atoms with Gasteiger partial charge >= 0.3 is 6.08 Å². The minimum absolute atomic E-state index is 0.246. The maximum Gasteiger partial charge on any atom is 0.400 e. The predicted octanol–water partition coefficient (Wildman–Crippen LogP) is 4.65. The van der Waals surface area contributed by atoms with Crippen LogP contribution in [-0.4, -0.2) is 29.6 Å². The number of nitrogens with zero attached hydrogens (tertiary/aromatic N) is 2. The summed E-state index contributed by atoms with van der Waals surface area (Å²) in [4.78, 5) is 6.64. The van der Waals surface area contributed by atoms with Crippen LogP contribution in [0.2, 0.25) is 0 Å². The topological polar surface area (TPSA) is 47.7 Å². The highest BCUT2D eigenvalue weighted by atomic mass is 16.6. The minimum Gasteiger partial charge on any atom is -0.492 e. The van der Waals surface area contributed by atoms with Crippen LogP contribution >= 0.6 is 0 Å². The highest BCUT2D eigenvalue weighted by Crippen LogP contribution is 2.26. The Hall–Kier alpha value is -2.53. The van der Waals surface area contributed by atoms with E-state index in [1.165, 1.54) is 19.3 Å². The lowest BCUT2D eigenvalue weighted by Gasteiger charge is -2.25. The molecule has 0 bridgehead atoms. The molecule has 1 aliphatic rings. The molecule has 129 valence electrons. The van der Waals surface area contributed by atoms with Crippen LogP contribution in [0.3, 0.4) is 0 Å². The molecule has 1 aromatic heterocycles. The number of rotatable bonds is 6. The Bertz CT molecular complexity index is 774. The minimum atomic E-state index is 0.246. The highest BCUT2D eigenvalue weighted by Gasteiger charge is 2.10. The number of likely N-dealkylation sites (tertiary alicyclic amines) is 1.